The van der Waals surface area contributed by atoms with Gasteiger partial charge in [0.2, 0.25) is 0 Å². The molecule has 1 unspecified atom stereocenters. The Hall–Kier alpha value is -0.590. The van der Waals surface area contributed by atoms with E-state index in [4.69, 9.17) is 14.7 Å². The first-order valence-corrected chi connectivity index (χ1v) is 5.00. The van der Waals surface area contributed by atoms with Crippen molar-refractivity contribution < 1.29 is 9.47 Å². The van der Waals surface area contributed by atoms with Crippen LogP contribution in [0, 0.1) is 11.3 Å². The lowest BCUT2D eigenvalue weighted by Crippen LogP contribution is -2.19. The maximum atomic E-state index is 8.21. The fourth-order valence-corrected chi connectivity index (χ4v) is 1.57. The Labute approximate surface area is 79.6 Å². The van der Waals surface area contributed by atoms with Gasteiger partial charge in [-0.15, -0.1) is 0 Å². The molecule has 1 saturated heterocycles. The lowest BCUT2D eigenvalue weighted by Gasteiger charge is -2.22. The van der Waals surface area contributed by atoms with Crippen molar-refractivity contribution in [3.05, 3.63) is 0 Å². The number of hydrogen-bond acceptors (Lipinski definition) is 3. The summed E-state index contributed by atoms with van der Waals surface area (Å²) in [6, 6.07) is 1.95. The Morgan fingerprint density at radius 1 is 1.46 bits per heavy atom. The first-order valence-electron chi connectivity index (χ1n) is 5.00. The van der Waals surface area contributed by atoms with Gasteiger partial charge in [-0.05, 0) is 32.1 Å². The Kier molecular flexibility index (Phi) is 5.55. The summed E-state index contributed by atoms with van der Waals surface area (Å²) < 4.78 is 10.6. The van der Waals surface area contributed by atoms with Gasteiger partial charge in [-0.3, -0.25) is 0 Å². The van der Waals surface area contributed by atoms with Crippen molar-refractivity contribution >= 4 is 0 Å². The van der Waals surface area contributed by atoms with Crippen LogP contribution in [0.1, 0.15) is 32.1 Å². The molecule has 0 aromatic heterocycles. The summed E-state index contributed by atoms with van der Waals surface area (Å²) in [5.41, 5.74) is 0. The van der Waals surface area contributed by atoms with Crippen LogP contribution in [0.15, 0.2) is 0 Å². The molecule has 0 aromatic carbocycles. The van der Waals surface area contributed by atoms with Crippen molar-refractivity contribution in [3.8, 4) is 6.07 Å². The van der Waals surface area contributed by atoms with Crippen LogP contribution in [0.2, 0.25) is 0 Å². The van der Waals surface area contributed by atoms with Crippen LogP contribution in [0.3, 0.4) is 0 Å². The van der Waals surface area contributed by atoms with Crippen LogP contribution in [-0.2, 0) is 9.47 Å². The van der Waals surface area contributed by atoms with Crippen LogP contribution in [0.4, 0.5) is 0 Å². The minimum Gasteiger partial charge on any atom is -0.378 e. The second-order valence-electron chi connectivity index (χ2n) is 3.34. The number of ether oxygens (including phenoxy) is 2. The van der Waals surface area contributed by atoms with Crippen LogP contribution in [0.5, 0.6) is 0 Å². The topological polar surface area (TPSA) is 42.2 Å². The lowest BCUT2D eigenvalue weighted by molar-refractivity contribution is 0.00564. The molecule has 3 nitrogen and oxygen atoms in total. The molecular weight excluding hydrogens is 166 g/mol. The molecule has 74 valence electrons. The van der Waals surface area contributed by atoms with E-state index in [1.807, 2.05) is 6.07 Å². The van der Waals surface area contributed by atoms with Gasteiger partial charge in [0.25, 0.3) is 0 Å². The van der Waals surface area contributed by atoms with E-state index in [1.54, 1.807) is 0 Å². The van der Waals surface area contributed by atoms with Gasteiger partial charge >= 0.3 is 0 Å². The van der Waals surface area contributed by atoms with E-state index in [2.05, 4.69) is 0 Å². The van der Waals surface area contributed by atoms with Gasteiger partial charge < -0.3 is 9.47 Å². The third-order valence-corrected chi connectivity index (χ3v) is 2.26. The number of nitriles is 1. The molecule has 0 saturated carbocycles. The van der Waals surface area contributed by atoms with E-state index >= 15 is 0 Å². The quantitative estimate of drug-likeness (QED) is 0.611. The molecule has 3 heteroatoms. The summed E-state index contributed by atoms with van der Waals surface area (Å²) in [4.78, 5) is 0. The van der Waals surface area contributed by atoms with Crippen molar-refractivity contribution in [3.63, 3.8) is 0 Å². The Balaban J connectivity index is 1.90. The van der Waals surface area contributed by atoms with E-state index in [1.165, 1.54) is 19.3 Å². The van der Waals surface area contributed by atoms with Crippen LogP contribution in [0.25, 0.3) is 0 Å². The molecule has 1 atom stereocenters. The average Bonchev–Trinajstić information content (AvgIpc) is 2.19. The maximum Gasteiger partial charge on any atom is 0.133 e. The van der Waals surface area contributed by atoms with Gasteiger partial charge in [-0.25, -0.2) is 0 Å². The standard InChI is InChI=1S/C10H17NO2/c11-6-9-12-7-3-5-10-4-1-2-8-13-10/h10H,1-5,7-9H2. The molecule has 0 aliphatic carbocycles. The van der Waals surface area contributed by atoms with Gasteiger partial charge in [0.05, 0.1) is 12.2 Å². The maximum absolute atomic E-state index is 8.21. The van der Waals surface area contributed by atoms with Crippen LogP contribution in [-0.4, -0.2) is 25.9 Å². The molecule has 1 rings (SSSR count). The monoisotopic (exact) mass is 183 g/mol. The third-order valence-electron chi connectivity index (χ3n) is 2.26. The van der Waals surface area contributed by atoms with Crippen molar-refractivity contribution in [2.24, 2.45) is 0 Å². The first-order chi connectivity index (χ1) is 6.43. The zero-order valence-corrected chi connectivity index (χ0v) is 8.00. The molecule has 0 amide bonds. The second-order valence-corrected chi connectivity index (χ2v) is 3.34. The SMILES string of the molecule is N#CCOCCCC1CCCCO1. The zero-order valence-electron chi connectivity index (χ0n) is 8.00. The van der Waals surface area contributed by atoms with Gasteiger partial charge in [-0.2, -0.15) is 5.26 Å². The molecule has 0 aromatic rings. The minimum atomic E-state index is 0.214. The van der Waals surface area contributed by atoms with Gasteiger partial charge in [-0.1, -0.05) is 0 Å². The van der Waals surface area contributed by atoms with Gasteiger partial charge in [0.1, 0.15) is 6.61 Å². The van der Waals surface area contributed by atoms with Crippen molar-refractivity contribution in [2.75, 3.05) is 19.8 Å². The summed E-state index contributed by atoms with van der Waals surface area (Å²) in [5.74, 6) is 0. The predicted molar refractivity (Wildman–Crippen MR) is 49.3 cm³/mol. The third kappa shape index (κ3) is 4.87. The smallest absolute Gasteiger partial charge is 0.133 e. The van der Waals surface area contributed by atoms with Gasteiger partial charge in [0, 0.05) is 13.2 Å². The molecular formula is C10H17NO2. The Morgan fingerprint density at radius 3 is 3.08 bits per heavy atom. The van der Waals surface area contributed by atoms with E-state index in [0.29, 0.717) is 12.7 Å². The highest BCUT2D eigenvalue weighted by atomic mass is 16.5. The summed E-state index contributed by atoms with van der Waals surface area (Å²) in [7, 11) is 0. The van der Waals surface area contributed by atoms with E-state index in [0.717, 1.165) is 19.4 Å². The molecule has 0 bridgehead atoms. The molecule has 0 radical (unpaired) electrons. The molecule has 13 heavy (non-hydrogen) atoms. The van der Waals surface area contributed by atoms with Crippen molar-refractivity contribution in [2.45, 2.75) is 38.2 Å². The highest BCUT2D eigenvalue weighted by Gasteiger charge is 2.12. The normalized spacial score (nSPS) is 22.5. The Morgan fingerprint density at radius 2 is 2.38 bits per heavy atom. The predicted octanol–water partition coefficient (Wildman–Crippen LogP) is 1.88. The highest BCUT2D eigenvalue weighted by molar-refractivity contribution is 4.67. The van der Waals surface area contributed by atoms with E-state index < -0.39 is 0 Å². The number of hydrogen-bond donors (Lipinski definition) is 0. The minimum absolute atomic E-state index is 0.214. The second kappa shape index (κ2) is 6.88. The number of rotatable bonds is 5. The summed E-state index contributed by atoms with van der Waals surface area (Å²) in [5, 5.41) is 8.21. The van der Waals surface area contributed by atoms with Crippen LogP contribution < -0.4 is 0 Å². The molecule has 1 aliphatic rings. The fraction of sp³-hybridized carbons (Fsp3) is 0.900. The van der Waals surface area contributed by atoms with E-state index in [9.17, 15) is 0 Å². The first kappa shape index (κ1) is 10.5. The molecule has 1 fully saturated rings. The molecule has 0 spiro atoms. The average molecular weight is 183 g/mol. The van der Waals surface area contributed by atoms with E-state index in [-0.39, 0.29) is 6.61 Å². The zero-order chi connectivity index (χ0) is 9.36. The Bertz CT molecular complexity index is 159. The highest BCUT2D eigenvalue weighted by Crippen LogP contribution is 2.16. The largest absolute Gasteiger partial charge is 0.378 e. The number of nitrogens with zero attached hydrogens (tertiary/aromatic N) is 1. The fourth-order valence-electron chi connectivity index (χ4n) is 1.57. The van der Waals surface area contributed by atoms with Crippen molar-refractivity contribution in [1.29, 1.82) is 5.26 Å². The van der Waals surface area contributed by atoms with Crippen LogP contribution >= 0.6 is 0 Å². The lowest BCUT2D eigenvalue weighted by atomic mass is 10.1. The van der Waals surface area contributed by atoms with Gasteiger partial charge in [0.15, 0.2) is 0 Å². The molecule has 1 heterocycles. The summed E-state index contributed by atoms with van der Waals surface area (Å²) in [6.07, 6.45) is 6.22. The summed E-state index contributed by atoms with van der Waals surface area (Å²) in [6.45, 7) is 1.82. The summed E-state index contributed by atoms with van der Waals surface area (Å²) >= 11 is 0. The molecule has 1 aliphatic heterocycles. The molecule has 0 N–H and O–H groups in total. The van der Waals surface area contributed by atoms with Crippen molar-refractivity contribution in [1.82, 2.24) is 0 Å².